The highest BCUT2D eigenvalue weighted by atomic mass is 32.2. The number of carbonyl (C=O) groups excluding carboxylic acids is 2. The number of esters is 1. The quantitative estimate of drug-likeness (QED) is 0.502. The highest BCUT2D eigenvalue weighted by Crippen LogP contribution is 2.24. The number of hydrogen-bond donors (Lipinski definition) is 1. The molecular formula is C24H24N2O6S. The van der Waals surface area contributed by atoms with E-state index in [1.165, 1.54) is 44.5 Å². The Morgan fingerprint density at radius 1 is 0.939 bits per heavy atom. The van der Waals surface area contributed by atoms with Gasteiger partial charge in [-0.15, -0.1) is 0 Å². The molecule has 3 aromatic carbocycles. The van der Waals surface area contributed by atoms with E-state index in [0.717, 1.165) is 4.31 Å². The van der Waals surface area contributed by atoms with E-state index in [1.54, 1.807) is 49.4 Å². The van der Waals surface area contributed by atoms with Gasteiger partial charge in [-0.2, -0.15) is 0 Å². The van der Waals surface area contributed by atoms with Crippen LogP contribution in [0.25, 0.3) is 0 Å². The molecule has 3 aromatic rings. The molecule has 0 spiro atoms. The molecule has 1 N–H and O–H groups in total. The van der Waals surface area contributed by atoms with Gasteiger partial charge in [-0.3, -0.25) is 9.10 Å². The fourth-order valence-corrected chi connectivity index (χ4v) is 4.20. The van der Waals surface area contributed by atoms with Crippen molar-refractivity contribution in [1.82, 2.24) is 0 Å². The molecule has 1 amide bonds. The first-order chi connectivity index (χ1) is 15.8. The number of carbonyl (C=O) groups is 2. The number of nitrogens with zero attached hydrogens (tertiary/aromatic N) is 1. The van der Waals surface area contributed by atoms with Crippen molar-refractivity contribution in [1.29, 1.82) is 0 Å². The topological polar surface area (TPSA) is 102 Å². The third-order valence-corrected chi connectivity index (χ3v) is 6.64. The number of methoxy groups -OCH3 is 1. The zero-order chi connectivity index (χ0) is 24.0. The molecular weight excluding hydrogens is 444 g/mol. The number of rotatable bonds is 8. The number of ether oxygens (including phenoxy) is 2. The van der Waals surface area contributed by atoms with E-state index in [-0.39, 0.29) is 11.5 Å². The third-order valence-electron chi connectivity index (χ3n) is 4.84. The lowest BCUT2D eigenvalue weighted by molar-refractivity contribution is 0.0526. The second kappa shape index (κ2) is 10.2. The van der Waals surface area contributed by atoms with Crippen LogP contribution < -0.4 is 14.4 Å². The summed E-state index contributed by atoms with van der Waals surface area (Å²) in [4.78, 5) is 24.6. The van der Waals surface area contributed by atoms with Crippen LogP contribution in [0, 0.1) is 0 Å². The van der Waals surface area contributed by atoms with Crippen molar-refractivity contribution in [2.75, 3.05) is 30.4 Å². The van der Waals surface area contributed by atoms with Gasteiger partial charge in [0.1, 0.15) is 5.75 Å². The zero-order valence-corrected chi connectivity index (χ0v) is 19.3. The lowest BCUT2D eigenvalue weighted by Gasteiger charge is -2.20. The highest BCUT2D eigenvalue weighted by Gasteiger charge is 2.21. The fourth-order valence-electron chi connectivity index (χ4n) is 3.01. The standard InChI is InChI=1S/C24H24N2O6S/c1-4-32-24(28)18-6-5-7-19(16-18)25-23(27)17-8-10-20(11-9-17)26(2)33(29,30)22-14-12-21(31-3)13-15-22/h5-16H,4H2,1-3H3,(H,25,27). The van der Waals surface area contributed by atoms with Gasteiger partial charge in [0, 0.05) is 18.3 Å². The predicted molar refractivity (Wildman–Crippen MR) is 125 cm³/mol. The van der Waals surface area contributed by atoms with E-state index >= 15 is 0 Å². The number of sulfonamides is 1. The maximum Gasteiger partial charge on any atom is 0.338 e. The summed E-state index contributed by atoms with van der Waals surface area (Å²) < 4.78 is 37.0. The summed E-state index contributed by atoms with van der Waals surface area (Å²) in [6.45, 7) is 1.97. The molecule has 0 aromatic heterocycles. The molecule has 0 aliphatic carbocycles. The minimum Gasteiger partial charge on any atom is -0.497 e. The van der Waals surface area contributed by atoms with Crippen LogP contribution in [-0.2, 0) is 14.8 Å². The maximum absolute atomic E-state index is 12.9. The molecule has 0 fully saturated rings. The lowest BCUT2D eigenvalue weighted by atomic mass is 10.1. The van der Waals surface area contributed by atoms with Gasteiger partial charge in [0.2, 0.25) is 0 Å². The van der Waals surface area contributed by atoms with Crippen LogP contribution in [0.15, 0.2) is 77.7 Å². The van der Waals surface area contributed by atoms with Crippen LogP contribution >= 0.6 is 0 Å². The van der Waals surface area contributed by atoms with Gasteiger partial charge in [-0.25, -0.2) is 13.2 Å². The first-order valence-electron chi connectivity index (χ1n) is 10.1. The zero-order valence-electron chi connectivity index (χ0n) is 18.4. The number of anilines is 2. The number of benzene rings is 3. The summed E-state index contributed by atoms with van der Waals surface area (Å²) in [6.07, 6.45) is 0. The summed E-state index contributed by atoms with van der Waals surface area (Å²) in [7, 11) is -0.839. The van der Waals surface area contributed by atoms with Crippen molar-refractivity contribution in [3.63, 3.8) is 0 Å². The van der Waals surface area contributed by atoms with Crippen molar-refractivity contribution < 1.29 is 27.5 Å². The Kier molecular flexibility index (Phi) is 7.34. The molecule has 0 heterocycles. The molecule has 0 bridgehead atoms. The molecule has 0 atom stereocenters. The SMILES string of the molecule is CCOC(=O)c1cccc(NC(=O)c2ccc(N(C)S(=O)(=O)c3ccc(OC)cc3)cc2)c1. The second-order valence-corrected chi connectivity index (χ2v) is 8.92. The maximum atomic E-state index is 12.9. The molecule has 0 aliphatic heterocycles. The van der Waals surface area contributed by atoms with Crippen LogP contribution in [0.2, 0.25) is 0 Å². The molecule has 0 radical (unpaired) electrons. The lowest BCUT2D eigenvalue weighted by Crippen LogP contribution is -2.26. The van der Waals surface area contributed by atoms with Gasteiger partial charge in [0.25, 0.3) is 15.9 Å². The Morgan fingerprint density at radius 2 is 1.61 bits per heavy atom. The van der Waals surface area contributed by atoms with E-state index < -0.39 is 21.9 Å². The van der Waals surface area contributed by atoms with Crippen molar-refractivity contribution in [2.24, 2.45) is 0 Å². The van der Waals surface area contributed by atoms with E-state index in [9.17, 15) is 18.0 Å². The number of hydrogen-bond acceptors (Lipinski definition) is 6. The Labute approximate surface area is 192 Å². The summed E-state index contributed by atoms with van der Waals surface area (Å²) in [5, 5.41) is 2.72. The van der Waals surface area contributed by atoms with E-state index in [4.69, 9.17) is 9.47 Å². The Balaban J connectivity index is 1.73. The minimum absolute atomic E-state index is 0.120. The van der Waals surface area contributed by atoms with Gasteiger partial charge in [-0.1, -0.05) is 6.07 Å². The van der Waals surface area contributed by atoms with E-state index in [1.807, 2.05) is 0 Å². The van der Waals surface area contributed by atoms with E-state index in [0.29, 0.717) is 28.3 Å². The Hall–Kier alpha value is -3.85. The minimum atomic E-state index is -3.78. The van der Waals surface area contributed by atoms with Crippen molar-refractivity contribution in [2.45, 2.75) is 11.8 Å². The van der Waals surface area contributed by atoms with Gasteiger partial charge >= 0.3 is 5.97 Å². The number of nitrogens with one attached hydrogen (secondary N) is 1. The third kappa shape index (κ3) is 5.50. The molecule has 8 nitrogen and oxygen atoms in total. The number of amides is 1. The predicted octanol–water partition coefficient (Wildman–Crippen LogP) is 3.95. The van der Waals surface area contributed by atoms with E-state index in [2.05, 4.69) is 5.32 Å². The molecule has 9 heteroatoms. The highest BCUT2D eigenvalue weighted by molar-refractivity contribution is 7.92. The molecule has 172 valence electrons. The molecule has 3 rings (SSSR count). The summed E-state index contributed by atoms with van der Waals surface area (Å²) in [6, 6.07) is 18.7. The molecule has 0 saturated carbocycles. The molecule has 0 unspecified atom stereocenters. The Bertz CT molecular complexity index is 1240. The van der Waals surface area contributed by atoms with Crippen molar-refractivity contribution >= 4 is 33.3 Å². The summed E-state index contributed by atoms with van der Waals surface area (Å²) in [5.41, 5.74) is 1.49. The van der Waals surface area contributed by atoms with Gasteiger partial charge < -0.3 is 14.8 Å². The van der Waals surface area contributed by atoms with Gasteiger partial charge in [-0.05, 0) is 73.7 Å². The van der Waals surface area contributed by atoms with Crippen LogP contribution in [0.4, 0.5) is 11.4 Å². The average Bonchev–Trinajstić information content (AvgIpc) is 2.84. The molecule has 0 saturated heterocycles. The monoisotopic (exact) mass is 468 g/mol. The van der Waals surface area contributed by atoms with Crippen LogP contribution in [0.1, 0.15) is 27.6 Å². The van der Waals surface area contributed by atoms with Crippen LogP contribution in [0.5, 0.6) is 5.75 Å². The van der Waals surface area contributed by atoms with Gasteiger partial charge in [0.05, 0.1) is 29.9 Å². The molecule has 33 heavy (non-hydrogen) atoms. The fraction of sp³-hybridized carbons (Fsp3) is 0.167. The summed E-state index contributed by atoms with van der Waals surface area (Å²) in [5.74, 6) is -0.318. The molecule has 0 aliphatic rings. The second-order valence-electron chi connectivity index (χ2n) is 6.95. The average molecular weight is 469 g/mol. The van der Waals surface area contributed by atoms with Crippen molar-refractivity contribution in [3.05, 3.63) is 83.9 Å². The summed E-state index contributed by atoms with van der Waals surface area (Å²) >= 11 is 0. The first kappa shape index (κ1) is 23.8. The largest absolute Gasteiger partial charge is 0.497 e. The first-order valence-corrected chi connectivity index (χ1v) is 11.5. The van der Waals surface area contributed by atoms with Crippen LogP contribution in [0.3, 0.4) is 0 Å². The normalized spacial score (nSPS) is 10.9. The van der Waals surface area contributed by atoms with Crippen molar-refractivity contribution in [3.8, 4) is 5.75 Å². The smallest absolute Gasteiger partial charge is 0.338 e. The van der Waals surface area contributed by atoms with Crippen LogP contribution in [-0.4, -0.2) is 41.1 Å². The van der Waals surface area contributed by atoms with Gasteiger partial charge in [0.15, 0.2) is 0 Å². The Morgan fingerprint density at radius 3 is 2.21 bits per heavy atom.